The summed E-state index contributed by atoms with van der Waals surface area (Å²) in [5, 5.41) is 3.59. The number of aromatic nitrogens is 2. The van der Waals surface area contributed by atoms with Crippen molar-refractivity contribution in [3.63, 3.8) is 0 Å². The third kappa shape index (κ3) is 4.68. The fraction of sp³-hybridized carbons (Fsp3) is 0.385. The van der Waals surface area contributed by atoms with Gasteiger partial charge in [-0.25, -0.2) is 23.9 Å². The minimum absolute atomic E-state index is 0.218. The maximum Gasteiger partial charge on any atom is 0.415 e. The zero-order valence-electron chi connectivity index (χ0n) is 21.3. The van der Waals surface area contributed by atoms with Gasteiger partial charge in [0.05, 0.1) is 43.6 Å². The number of ether oxygens (including phenoxy) is 3. The van der Waals surface area contributed by atoms with Crippen LogP contribution in [-0.2, 0) is 9.47 Å². The number of carbonyl (C=O) groups excluding carboxylic acids is 2. The summed E-state index contributed by atoms with van der Waals surface area (Å²) in [6, 6.07) is 8.26. The first-order chi connectivity index (χ1) is 17.5. The monoisotopic (exact) mass is 509 g/mol. The molecule has 0 saturated carbocycles. The lowest BCUT2D eigenvalue weighted by Crippen LogP contribution is -2.66. The van der Waals surface area contributed by atoms with E-state index < -0.39 is 29.2 Å². The second-order valence-corrected chi connectivity index (χ2v) is 10.3. The first kappa shape index (κ1) is 24.5. The predicted molar refractivity (Wildman–Crippen MR) is 135 cm³/mol. The molecule has 3 aromatic rings. The van der Waals surface area contributed by atoms with Gasteiger partial charge in [-0.2, -0.15) is 0 Å². The molecule has 5 rings (SSSR count). The Balaban J connectivity index is 1.43. The fourth-order valence-electron chi connectivity index (χ4n) is 4.47. The molecular weight excluding hydrogens is 481 g/mol. The SMILES string of the molecule is COc1cc2ncnc(Nc3ccc(C)cc3F)c2cc1N1CC2(CN(C(=O)OC(C)(C)C)C2)OC1=O. The van der Waals surface area contributed by atoms with Gasteiger partial charge >= 0.3 is 12.2 Å². The van der Waals surface area contributed by atoms with Crippen LogP contribution in [0.15, 0.2) is 36.7 Å². The van der Waals surface area contributed by atoms with Crippen molar-refractivity contribution >= 4 is 40.3 Å². The van der Waals surface area contributed by atoms with Crippen LogP contribution in [0.5, 0.6) is 5.75 Å². The van der Waals surface area contributed by atoms with Crippen LogP contribution in [0.2, 0.25) is 0 Å². The van der Waals surface area contributed by atoms with Crippen molar-refractivity contribution in [3.05, 3.63) is 48.0 Å². The number of amides is 2. The zero-order chi connectivity index (χ0) is 26.5. The van der Waals surface area contributed by atoms with Crippen molar-refractivity contribution in [1.29, 1.82) is 0 Å². The van der Waals surface area contributed by atoms with E-state index in [-0.39, 0.29) is 25.3 Å². The van der Waals surface area contributed by atoms with Crippen LogP contribution in [-0.4, -0.2) is 65.0 Å². The highest BCUT2D eigenvalue weighted by molar-refractivity contribution is 6.00. The molecule has 0 aliphatic carbocycles. The number of nitrogens with one attached hydrogen (secondary N) is 1. The van der Waals surface area contributed by atoms with E-state index in [0.717, 1.165) is 5.56 Å². The molecule has 3 heterocycles. The molecule has 10 nitrogen and oxygen atoms in total. The molecule has 1 aromatic heterocycles. The van der Waals surface area contributed by atoms with Gasteiger partial charge in [0.25, 0.3) is 0 Å². The average molecular weight is 510 g/mol. The Morgan fingerprint density at radius 3 is 2.59 bits per heavy atom. The van der Waals surface area contributed by atoms with Gasteiger partial charge in [0.1, 0.15) is 29.3 Å². The van der Waals surface area contributed by atoms with E-state index >= 15 is 0 Å². The summed E-state index contributed by atoms with van der Waals surface area (Å²) in [5.74, 6) is 0.375. The highest BCUT2D eigenvalue weighted by Crippen LogP contribution is 2.41. The molecule has 0 unspecified atom stereocenters. The van der Waals surface area contributed by atoms with Gasteiger partial charge in [-0.1, -0.05) is 6.07 Å². The lowest BCUT2D eigenvalue weighted by atomic mass is 9.94. The molecule has 11 heteroatoms. The van der Waals surface area contributed by atoms with E-state index in [4.69, 9.17) is 14.2 Å². The van der Waals surface area contributed by atoms with Crippen LogP contribution >= 0.6 is 0 Å². The number of carbonyl (C=O) groups is 2. The summed E-state index contributed by atoms with van der Waals surface area (Å²) in [7, 11) is 1.50. The van der Waals surface area contributed by atoms with Crippen molar-refractivity contribution < 1.29 is 28.2 Å². The maximum atomic E-state index is 14.5. The summed E-state index contributed by atoms with van der Waals surface area (Å²) in [6.07, 6.45) is 0.360. The molecule has 2 amide bonds. The Morgan fingerprint density at radius 2 is 1.92 bits per heavy atom. The summed E-state index contributed by atoms with van der Waals surface area (Å²) in [5.41, 5.74) is 0.603. The molecule has 2 aromatic carbocycles. The Bertz CT molecular complexity index is 1400. The minimum Gasteiger partial charge on any atom is -0.494 e. The number of hydrogen-bond acceptors (Lipinski definition) is 8. The topological polar surface area (TPSA) is 106 Å². The average Bonchev–Trinajstić information content (AvgIpc) is 3.15. The molecule has 1 N–H and O–H groups in total. The second kappa shape index (κ2) is 8.75. The first-order valence-corrected chi connectivity index (χ1v) is 11.8. The molecule has 2 aliphatic rings. The van der Waals surface area contributed by atoms with Gasteiger partial charge < -0.3 is 19.5 Å². The highest BCUT2D eigenvalue weighted by atomic mass is 19.1. The van der Waals surface area contributed by atoms with Crippen molar-refractivity contribution in [1.82, 2.24) is 14.9 Å². The highest BCUT2D eigenvalue weighted by Gasteiger charge is 2.56. The molecular formula is C26H28FN5O5. The van der Waals surface area contributed by atoms with Crippen LogP contribution in [0, 0.1) is 12.7 Å². The van der Waals surface area contributed by atoms with Gasteiger partial charge in [-0.05, 0) is 51.5 Å². The summed E-state index contributed by atoms with van der Waals surface area (Å²) >= 11 is 0. The van der Waals surface area contributed by atoms with Gasteiger partial charge in [-0.15, -0.1) is 0 Å². The number of nitrogens with zero attached hydrogens (tertiary/aromatic N) is 4. The largest absolute Gasteiger partial charge is 0.494 e. The molecule has 194 valence electrons. The third-order valence-electron chi connectivity index (χ3n) is 6.18. The number of benzene rings is 2. The number of anilines is 3. The predicted octanol–water partition coefficient (Wildman–Crippen LogP) is 4.78. The molecule has 0 atom stereocenters. The summed E-state index contributed by atoms with van der Waals surface area (Å²) < 4.78 is 31.2. The lowest BCUT2D eigenvalue weighted by molar-refractivity contribution is -0.0779. The van der Waals surface area contributed by atoms with Crippen LogP contribution in [0.3, 0.4) is 0 Å². The molecule has 0 bridgehead atoms. The molecule has 1 spiro atoms. The van der Waals surface area contributed by atoms with Gasteiger partial charge in [0.15, 0.2) is 5.60 Å². The van der Waals surface area contributed by atoms with Gasteiger partial charge in [0, 0.05) is 11.5 Å². The van der Waals surface area contributed by atoms with E-state index in [0.29, 0.717) is 28.2 Å². The number of rotatable bonds is 4. The van der Waals surface area contributed by atoms with Crippen LogP contribution in [0.4, 0.5) is 31.2 Å². The van der Waals surface area contributed by atoms with Crippen molar-refractivity contribution in [3.8, 4) is 5.75 Å². The molecule has 2 aliphatic heterocycles. The van der Waals surface area contributed by atoms with Crippen molar-refractivity contribution in [2.75, 3.05) is 37.0 Å². The molecule has 37 heavy (non-hydrogen) atoms. The number of hydrogen-bond donors (Lipinski definition) is 1. The number of likely N-dealkylation sites (tertiary alicyclic amines) is 1. The van der Waals surface area contributed by atoms with E-state index in [1.807, 2.05) is 6.92 Å². The summed E-state index contributed by atoms with van der Waals surface area (Å²) in [4.78, 5) is 36.9. The second-order valence-electron chi connectivity index (χ2n) is 10.3. The Morgan fingerprint density at radius 1 is 1.16 bits per heavy atom. The fourth-order valence-corrected chi connectivity index (χ4v) is 4.47. The molecule has 2 fully saturated rings. The number of fused-ring (bicyclic) bond motifs is 1. The van der Waals surface area contributed by atoms with Crippen LogP contribution in [0.25, 0.3) is 10.9 Å². The van der Waals surface area contributed by atoms with Gasteiger partial charge in [0.2, 0.25) is 0 Å². The van der Waals surface area contributed by atoms with E-state index in [9.17, 15) is 14.0 Å². The Hall–Kier alpha value is -4.15. The molecule has 2 saturated heterocycles. The minimum atomic E-state index is -0.840. The smallest absolute Gasteiger partial charge is 0.415 e. The van der Waals surface area contributed by atoms with E-state index in [1.165, 1.54) is 29.3 Å². The Labute approximate surface area is 213 Å². The van der Waals surface area contributed by atoms with Gasteiger partial charge in [-0.3, -0.25) is 9.80 Å². The number of halogens is 1. The normalized spacial score (nSPS) is 16.5. The Kier molecular flexibility index (Phi) is 5.81. The van der Waals surface area contributed by atoms with Crippen LogP contribution in [0.1, 0.15) is 26.3 Å². The van der Waals surface area contributed by atoms with E-state index in [1.54, 1.807) is 45.0 Å². The van der Waals surface area contributed by atoms with Crippen LogP contribution < -0.4 is 15.0 Å². The first-order valence-electron chi connectivity index (χ1n) is 11.8. The van der Waals surface area contributed by atoms with Crippen molar-refractivity contribution in [2.45, 2.75) is 38.9 Å². The lowest BCUT2D eigenvalue weighted by Gasteiger charge is -2.45. The molecule has 0 radical (unpaired) electrons. The standard InChI is InChI=1S/C26H28FN5O5/c1-15-6-7-18(17(27)8-15)30-22-16-9-20(21(35-5)10-19(16)28-14-29-22)32-13-26(37-24(32)34)11-31(12-26)23(33)36-25(2,3)4/h6-10,14H,11-13H2,1-5H3,(H,28,29,30). The zero-order valence-corrected chi connectivity index (χ0v) is 21.3. The summed E-state index contributed by atoms with van der Waals surface area (Å²) in [6.45, 7) is 7.86. The van der Waals surface area contributed by atoms with E-state index in [2.05, 4.69) is 15.3 Å². The maximum absolute atomic E-state index is 14.5. The number of aryl methyl sites for hydroxylation is 1. The number of methoxy groups -OCH3 is 1. The van der Waals surface area contributed by atoms with Crippen molar-refractivity contribution in [2.24, 2.45) is 0 Å². The quantitative estimate of drug-likeness (QED) is 0.536. The third-order valence-corrected chi connectivity index (χ3v) is 6.18.